The third kappa shape index (κ3) is 4.00. The molecule has 1 amide bonds. The van der Waals surface area contributed by atoms with Crippen LogP contribution in [0.2, 0.25) is 0 Å². The molecule has 2 aromatic carbocycles. The van der Waals surface area contributed by atoms with Crippen molar-refractivity contribution in [2.45, 2.75) is 39.3 Å². The normalized spacial score (nSPS) is 16.9. The Morgan fingerprint density at radius 1 is 1.09 bits per heavy atom. The number of likely N-dealkylation sites (tertiary alicyclic amines) is 1. The Hall–Kier alpha value is -2.84. The highest BCUT2D eigenvalue weighted by Crippen LogP contribution is 2.39. The number of carbonyl (C=O) groups is 1. The fraction of sp³-hybridized carbons (Fsp3) is 0.375. The van der Waals surface area contributed by atoms with Crippen molar-refractivity contribution in [2.24, 2.45) is 0 Å². The van der Waals surface area contributed by atoms with Crippen molar-refractivity contribution in [3.63, 3.8) is 0 Å². The van der Waals surface area contributed by atoms with Gasteiger partial charge >= 0.3 is 10.1 Å². The van der Waals surface area contributed by atoms with E-state index in [1.807, 2.05) is 6.07 Å². The summed E-state index contributed by atoms with van der Waals surface area (Å²) < 4.78 is 28.7. The minimum Gasteiger partial charge on any atom is -0.382 e. The summed E-state index contributed by atoms with van der Waals surface area (Å²) in [6.45, 7) is 5.29. The van der Waals surface area contributed by atoms with Crippen molar-refractivity contribution in [3.05, 3.63) is 52.6 Å². The Morgan fingerprint density at radius 2 is 1.88 bits per heavy atom. The van der Waals surface area contributed by atoms with E-state index >= 15 is 0 Å². The van der Waals surface area contributed by atoms with Crippen LogP contribution >= 0.6 is 0 Å². The number of aromatic amines is 1. The van der Waals surface area contributed by atoms with Crippen LogP contribution in [0, 0.1) is 6.92 Å². The van der Waals surface area contributed by atoms with Gasteiger partial charge in [0.15, 0.2) is 5.75 Å². The smallest absolute Gasteiger partial charge is 0.306 e. The van der Waals surface area contributed by atoms with Gasteiger partial charge in [0.25, 0.3) is 5.91 Å². The Bertz CT molecular complexity index is 1320. The molecular weight excluding hydrogens is 426 g/mol. The average Bonchev–Trinajstić information content (AvgIpc) is 3.33. The third-order valence-corrected chi connectivity index (χ3v) is 6.75. The Labute approximate surface area is 187 Å². The quantitative estimate of drug-likeness (QED) is 0.575. The van der Waals surface area contributed by atoms with E-state index in [9.17, 15) is 13.2 Å². The van der Waals surface area contributed by atoms with Crippen LogP contribution in [0.4, 0.5) is 0 Å². The van der Waals surface area contributed by atoms with E-state index in [2.05, 4.69) is 39.5 Å². The number of fused-ring (bicyclic) bond motifs is 2. The Morgan fingerprint density at radius 3 is 2.62 bits per heavy atom. The van der Waals surface area contributed by atoms with Gasteiger partial charge in [-0.2, -0.15) is 8.42 Å². The molecule has 7 nitrogen and oxygen atoms in total. The van der Waals surface area contributed by atoms with Gasteiger partial charge in [0.1, 0.15) is 0 Å². The number of benzene rings is 2. The molecule has 8 heteroatoms. The molecule has 1 fully saturated rings. The SMILES string of the molecule is Cc1cc(-c2cc3cc(CN4CCCCC4)ccc3[nH]2)c2c(c1OS(C)(=O)=O)CNC2=O. The summed E-state index contributed by atoms with van der Waals surface area (Å²) in [5, 5.41) is 3.90. The second kappa shape index (κ2) is 7.94. The van der Waals surface area contributed by atoms with Gasteiger partial charge in [0.2, 0.25) is 0 Å². The van der Waals surface area contributed by atoms with Crippen LogP contribution in [0.1, 0.15) is 46.3 Å². The van der Waals surface area contributed by atoms with Gasteiger partial charge in [0.05, 0.1) is 11.8 Å². The largest absolute Gasteiger partial charge is 0.382 e. The maximum Gasteiger partial charge on any atom is 0.306 e. The van der Waals surface area contributed by atoms with E-state index in [1.165, 1.54) is 24.8 Å². The predicted octanol–water partition coefficient (Wildman–Crippen LogP) is 3.71. The molecule has 0 spiro atoms. The van der Waals surface area contributed by atoms with Gasteiger partial charge in [-0.3, -0.25) is 9.69 Å². The lowest BCUT2D eigenvalue weighted by molar-refractivity contribution is 0.0966. The molecule has 0 saturated carbocycles. The molecule has 2 N–H and O–H groups in total. The molecule has 0 radical (unpaired) electrons. The molecule has 3 heterocycles. The molecule has 0 aliphatic carbocycles. The number of aromatic nitrogens is 1. The third-order valence-electron chi connectivity index (χ3n) is 6.28. The molecule has 168 valence electrons. The zero-order valence-corrected chi connectivity index (χ0v) is 19.1. The zero-order chi connectivity index (χ0) is 22.5. The number of aryl methyl sites for hydroxylation is 1. The van der Waals surface area contributed by atoms with Crippen LogP contribution in [0.3, 0.4) is 0 Å². The first kappa shape index (κ1) is 21.0. The number of H-pyrrole nitrogens is 1. The van der Waals surface area contributed by atoms with Crippen molar-refractivity contribution in [3.8, 4) is 17.0 Å². The van der Waals surface area contributed by atoms with Crippen molar-refractivity contribution in [1.29, 1.82) is 0 Å². The van der Waals surface area contributed by atoms with Crippen LogP contribution in [0.5, 0.6) is 5.75 Å². The number of nitrogens with zero attached hydrogens (tertiary/aromatic N) is 1. The number of hydrogen-bond acceptors (Lipinski definition) is 5. The number of piperidine rings is 1. The number of carbonyl (C=O) groups excluding carboxylic acids is 1. The fourth-order valence-electron chi connectivity index (χ4n) is 4.83. The second-order valence-electron chi connectivity index (χ2n) is 8.84. The van der Waals surface area contributed by atoms with Crippen LogP contribution in [0.25, 0.3) is 22.2 Å². The molecule has 2 aliphatic heterocycles. The van der Waals surface area contributed by atoms with E-state index in [0.717, 1.165) is 48.1 Å². The van der Waals surface area contributed by atoms with Crippen LogP contribution in [-0.4, -0.2) is 43.6 Å². The van der Waals surface area contributed by atoms with E-state index in [1.54, 1.807) is 6.92 Å². The Balaban J connectivity index is 1.54. The number of hydrogen-bond donors (Lipinski definition) is 2. The molecule has 0 bridgehead atoms. The highest BCUT2D eigenvalue weighted by molar-refractivity contribution is 7.86. The topological polar surface area (TPSA) is 91.5 Å². The standard InChI is InChI=1S/C24H27N3O4S/c1-15-10-18(22-19(13-25-24(22)28)23(15)31-32(2,29)30)21-12-17-11-16(6-7-20(17)26-21)14-27-8-4-3-5-9-27/h6-7,10-12,26H,3-5,8-9,13-14H2,1-2H3,(H,25,28). The van der Waals surface area contributed by atoms with Gasteiger partial charge in [-0.05, 0) is 68.2 Å². The summed E-state index contributed by atoms with van der Waals surface area (Å²) in [7, 11) is -3.70. The monoisotopic (exact) mass is 453 g/mol. The summed E-state index contributed by atoms with van der Waals surface area (Å²) in [6, 6.07) is 10.3. The lowest BCUT2D eigenvalue weighted by Crippen LogP contribution is -2.28. The van der Waals surface area contributed by atoms with E-state index < -0.39 is 10.1 Å². The maximum absolute atomic E-state index is 12.6. The van der Waals surface area contributed by atoms with E-state index in [-0.39, 0.29) is 18.2 Å². The molecule has 2 aliphatic rings. The van der Waals surface area contributed by atoms with E-state index in [4.69, 9.17) is 4.18 Å². The summed E-state index contributed by atoms with van der Waals surface area (Å²) in [5.74, 6) is 0.0160. The molecule has 5 rings (SSSR count). The molecule has 1 saturated heterocycles. The molecule has 3 aromatic rings. The van der Waals surface area contributed by atoms with Gasteiger partial charge in [-0.15, -0.1) is 0 Å². The summed E-state index contributed by atoms with van der Waals surface area (Å²) >= 11 is 0. The first-order chi connectivity index (χ1) is 15.3. The van der Waals surface area contributed by atoms with Crippen molar-refractivity contribution >= 4 is 26.9 Å². The summed E-state index contributed by atoms with van der Waals surface area (Å²) in [6.07, 6.45) is 4.86. The van der Waals surface area contributed by atoms with Crippen LogP contribution < -0.4 is 9.50 Å². The van der Waals surface area contributed by atoms with Crippen molar-refractivity contribution in [1.82, 2.24) is 15.2 Å². The molecule has 1 aromatic heterocycles. The molecule has 32 heavy (non-hydrogen) atoms. The van der Waals surface area contributed by atoms with Gasteiger partial charge in [0, 0.05) is 40.8 Å². The summed E-state index contributed by atoms with van der Waals surface area (Å²) in [5.41, 5.74) is 5.59. The highest BCUT2D eigenvalue weighted by Gasteiger charge is 2.30. The maximum atomic E-state index is 12.6. The molecular formula is C24H27N3O4S. The lowest BCUT2D eigenvalue weighted by Gasteiger charge is -2.26. The van der Waals surface area contributed by atoms with Crippen molar-refractivity contribution in [2.75, 3.05) is 19.3 Å². The predicted molar refractivity (Wildman–Crippen MR) is 124 cm³/mol. The zero-order valence-electron chi connectivity index (χ0n) is 18.3. The van der Waals surface area contributed by atoms with Crippen LogP contribution in [-0.2, 0) is 23.2 Å². The first-order valence-corrected chi connectivity index (χ1v) is 12.8. The highest BCUT2D eigenvalue weighted by atomic mass is 32.2. The average molecular weight is 454 g/mol. The van der Waals surface area contributed by atoms with Gasteiger partial charge < -0.3 is 14.5 Å². The van der Waals surface area contributed by atoms with E-state index in [0.29, 0.717) is 16.7 Å². The lowest BCUT2D eigenvalue weighted by atomic mass is 9.96. The number of nitrogens with one attached hydrogen (secondary N) is 2. The van der Waals surface area contributed by atoms with Crippen molar-refractivity contribution < 1.29 is 17.4 Å². The second-order valence-corrected chi connectivity index (χ2v) is 10.4. The fourth-order valence-corrected chi connectivity index (χ4v) is 5.37. The van der Waals surface area contributed by atoms with Gasteiger partial charge in [-0.1, -0.05) is 12.5 Å². The molecule has 0 unspecified atom stereocenters. The summed E-state index contributed by atoms with van der Waals surface area (Å²) in [4.78, 5) is 18.6. The number of rotatable bonds is 5. The molecule has 0 atom stereocenters. The van der Waals surface area contributed by atoms with Crippen LogP contribution in [0.15, 0.2) is 30.3 Å². The van der Waals surface area contributed by atoms with Gasteiger partial charge in [-0.25, -0.2) is 0 Å². The number of amides is 1. The first-order valence-electron chi connectivity index (χ1n) is 11.0. The minimum absolute atomic E-state index is 0.224. The Kier molecular flexibility index (Phi) is 5.22. The minimum atomic E-state index is -3.70.